The number of hydrogen-bond donors (Lipinski definition) is 1. The molecule has 1 N–H and O–H groups in total. The topological polar surface area (TPSA) is 65.8 Å². The average Bonchev–Trinajstić information content (AvgIpc) is 3.01. The molecule has 0 saturated carbocycles. The molecule has 7 nitrogen and oxygen atoms in total. The van der Waals surface area contributed by atoms with E-state index in [9.17, 15) is 4.79 Å². The SMILES string of the molecule is CN1CCN(c2ccc(NC3(C)C#CC=c4ccc(=O)n(Cc5cccnc5)c4=N3)cc2)CC1. The zero-order chi connectivity index (χ0) is 23.5. The number of likely N-dealkylation sites (N-methyl/N-ethyl adjacent to an activating group) is 1. The summed E-state index contributed by atoms with van der Waals surface area (Å²) in [7, 11) is 2.16. The number of pyridine rings is 2. The molecule has 1 aromatic carbocycles. The second-order valence-corrected chi connectivity index (χ2v) is 8.96. The van der Waals surface area contributed by atoms with E-state index in [-0.39, 0.29) is 5.56 Å². The minimum absolute atomic E-state index is 0.111. The second kappa shape index (κ2) is 9.16. The maximum absolute atomic E-state index is 12.8. The minimum Gasteiger partial charge on any atom is -0.369 e. The molecule has 0 amide bonds. The third-order valence-electron chi connectivity index (χ3n) is 6.25. The molecule has 172 valence electrons. The molecular formula is C27H28N6O. The third kappa shape index (κ3) is 4.73. The van der Waals surface area contributed by atoms with Gasteiger partial charge in [-0.05, 0) is 67.9 Å². The first-order chi connectivity index (χ1) is 16.5. The Hall–Kier alpha value is -3.89. The van der Waals surface area contributed by atoms with E-state index in [1.165, 1.54) is 5.69 Å². The van der Waals surface area contributed by atoms with Crippen LogP contribution >= 0.6 is 0 Å². The van der Waals surface area contributed by atoms with Crippen molar-refractivity contribution in [3.05, 3.63) is 87.5 Å². The lowest BCUT2D eigenvalue weighted by Crippen LogP contribution is -2.46. The van der Waals surface area contributed by atoms with E-state index in [2.05, 4.69) is 63.3 Å². The Morgan fingerprint density at radius 1 is 1.06 bits per heavy atom. The van der Waals surface area contributed by atoms with Crippen molar-refractivity contribution in [1.29, 1.82) is 0 Å². The van der Waals surface area contributed by atoms with Crippen LogP contribution in [-0.2, 0) is 6.54 Å². The smallest absolute Gasteiger partial charge is 0.252 e. The molecule has 7 heteroatoms. The predicted molar refractivity (Wildman–Crippen MR) is 135 cm³/mol. The van der Waals surface area contributed by atoms with Gasteiger partial charge in [-0.1, -0.05) is 12.0 Å². The number of nitrogens with zero attached hydrogens (tertiary/aromatic N) is 5. The van der Waals surface area contributed by atoms with Crippen molar-refractivity contribution in [3.8, 4) is 11.8 Å². The lowest BCUT2D eigenvalue weighted by molar-refractivity contribution is 0.313. The monoisotopic (exact) mass is 452 g/mol. The molecule has 0 radical (unpaired) electrons. The van der Waals surface area contributed by atoms with Crippen molar-refractivity contribution in [3.63, 3.8) is 0 Å². The van der Waals surface area contributed by atoms with E-state index < -0.39 is 5.66 Å². The van der Waals surface area contributed by atoms with Crippen molar-refractivity contribution < 1.29 is 0 Å². The highest BCUT2D eigenvalue weighted by Crippen LogP contribution is 2.22. The number of hydrogen-bond acceptors (Lipinski definition) is 6. The fourth-order valence-electron chi connectivity index (χ4n) is 4.30. The molecule has 0 aliphatic carbocycles. The number of rotatable bonds is 5. The molecule has 4 heterocycles. The average molecular weight is 453 g/mol. The Kier molecular flexibility index (Phi) is 5.91. The molecule has 34 heavy (non-hydrogen) atoms. The van der Waals surface area contributed by atoms with Crippen molar-refractivity contribution in [2.24, 2.45) is 4.99 Å². The van der Waals surface area contributed by atoms with E-state index >= 15 is 0 Å². The minimum atomic E-state index is -0.887. The van der Waals surface area contributed by atoms with Gasteiger partial charge in [0.1, 0.15) is 5.49 Å². The molecule has 0 bridgehead atoms. The van der Waals surface area contributed by atoms with Crippen LogP contribution in [0.2, 0.25) is 0 Å². The van der Waals surface area contributed by atoms with Gasteiger partial charge in [-0.15, -0.1) is 0 Å². The molecule has 3 aromatic rings. The summed E-state index contributed by atoms with van der Waals surface area (Å²) in [6.45, 7) is 6.53. The van der Waals surface area contributed by atoms with Gasteiger partial charge in [0.2, 0.25) is 0 Å². The Balaban J connectivity index is 1.44. The lowest BCUT2D eigenvalue weighted by Gasteiger charge is -2.34. The Morgan fingerprint density at radius 2 is 1.85 bits per heavy atom. The second-order valence-electron chi connectivity index (χ2n) is 8.96. The first-order valence-corrected chi connectivity index (χ1v) is 11.5. The number of anilines is 2. The highest BCUT2D eigenvalue weighted by Gasteiger charge is 2.22. The van der Waals surface area contributed by atoms with Gasteiger partial charge in [0.05, 0.1) is 6.54 Å². The van der Waals surface area contributed by atoms with Gasteiger partial charge in [0, 0.05) is 61.2 Å². The quantitative estimate of drug-likeness (QED) is 0.591. The Bertz CT molecular complexity index is 1410. The molecule has 2 aliphatic heterocycles. The summed E-state index contributed by atoms with van der Waals surface area (Å²) in [4.78, 5) is 26.7. The molecule has 1 unspecified atom stereocenters. The van der Waals surface area contributed by atoms with Crippen molar-refractivity contribution >= 4 is 17.5 Å². The van der Waals surface area contributed by atoms with Crippen LogP contribution in [-0.4, -0.2) is 53.3 Å². The molecule has 0 spiro atoms. The molecule has 1 fully saturated rings. The fraction of sp³-hybridized carbons (Fsp3) is 0.296. The summed E-state index contributed by atoms with van der Waals surface area (Å²) in [5, 5.41) is 4.30. The number of aromatic nitrogens is 2. The first-order valence-electron chi connectivity index (χ1n) is 11.5. The lowest BCUT2D eigenvalue weighted by atomic mass is 10.1. The first kappa shape index (κ1) is 21.9. The molecule has 1 atom stereocenters. The van der Waals surface area contributed by atoms with Crippen molar-refractivity contribution in [2.45, 2.75) is 19.1 Å². The van der Waals surface area contributed by atoms with E-state index in [0.717, 1.165) is 42.6 Å². The van der Waals surface area contributed by atoms with Crippen LogP contribution in [0.15, 0.2) is 70.7 Å². The normalized spacial score (nSPS) is 19.6. The maximum Gasteiger partial charge on any atom is 0.252 e. The zero-order valence-electron chi connectivity index (χ0n) is 19.5. The highest BCUT2D eigenvalue weighted by molar-refractivity contribution is 5.58. The number of benzene rings is 1. The van der Waals surface area contributed by atoms with E-state index in [1.807, 2.05) is 25.1 Å². The number of nitrogens with one attached hydrogen (secondary N) is 1. The van der Waals surface area contributed by atoms with E-state index in [4.69, 9.17) is 4.99 Å². The summed E-state index contributed by atoms with van der Waals surface area (Å²) in [6, 6.07) is 15.6. The Labute approximate surface area is 199 Å². The molecule has 1 saturated heterocycles. The fourth-order valence-corrected chi connectivity index (χ4v) is 4.30. The van der Waals surface area contributed by atoms with Crippen LogP contribution in [0.1, 0.15) is 12.5 Å². The molecule has 2 aromatic heterocycles. The number of piperazine rings is 1. The van der Waals surface area contributed by atoms with Gasteiger partial charge in [-0.2, -0.15) is 0 Å². The third-order valence-corrected chi connectivity index (χ3v) is 6.25. The largest absolute Gasteiger partial charge is 0.369 e. The summed E-state index contributed by atoms with van der Waals surface area (Å²) in [5.41, 5.74) is 2.68. The molecular weight excluding hydrogens is 424 g/mol. The summed E-state index contributed by atoms with van der Waals surface area (Å²) in [6.07, 6.45) is 5.31. The van der Waals surface area contributed by atoms with E-state index in [0.29, 0.717) is 12.0 Å². The molecule has 2 aliphatic rings. The van der Waals surface area contributed by atoms with Gasteiger partial charge >= 0.3 is 0 Å². The summed E-state index contributed by atoms with van der Waals surface area (Å²) >= 11 is 0. The van der Waals surface area contributed by atoms with Crippen molar-refractivity contribution in [2.75, 3.05) is 43.4 Å². The van der Waals surface area contributed by atoms with Crippen LogP contribution in [0.3, 0.4) is 0 Å². The van der Waals surface area contributed by atoms with Crippen LogP contribution in [0, 0.1) is 11.8 Å². The van der Waals surface area contributed by atoms with Gasteiger partial charge in [-0.3, -0.25) is 14.3 Å². The standard InChI is InChI=1S/C27H28N6O/c1-27(29-23-8-10-24(11-9-23)32-17-15-31(2)16-18-32)13-3-6-22-7-12-25(34)33(26(22)30-27)20-21-5-4-14-28-19-21/h4-12,14,19,29H,15-18,20H2,1-2H3. The van der Waals surface area contributed by atoms with Crippen molar-refractivity contribution in [1.82, 2.24) is 14.5 Å². The highest BCUT2D eigenvalue weighted by atomic mass is 16.1. The maximum atomic E-state index is 12.8. The van der Waals surface area contributed by atoms with E-state index in [1.54, 1.807) is 29.1 Å². The zero-order valence-corrected chi connectivity index (χ0v) is 19.5. The van der Waals surface area contributed by atoms with Gasteiger partial charge < -0.3 is 15.1 Å². The van der Waals surface area contributed by atoms with Gasteiger partial charge in [-0.25, -0.2) is 4.99 Å². The number of fused-ring (bicyclic) bond motifs is 1. The van der Waals surface area contributed by atoms with Crippen LogP contribution in [0.5, 0.6) is 0 Å². The van der Waals surface area contributed by atoms with Crippen LogP contribution in [0.25, 0.3) is 6.08 Å². The molecule has 5 rings (SSSR count). The Morgan fingerprint density at radius 3 is 2.59 bits per heavy atom. The summed E-state index contributed by atoms with van der Waals surface area (Å²) < 4.78 is 1.67. The van der Waals surface area contributed by atoms with Crippen LogP contribution in [0.4, 0.5) is 11.4 Å². The predicted octanol–water partition coefficient (Wildman–Crippen LogP) is 1.29. The summed E-state index contributed by atoms with van der Waals surface area (Å²) in [5.74, 6) is 6.34. The van der Waals surface area contributed by atoms with Gasteiger partial charge in [0.15, 0.2) is 5.66 Å². The van der Waals surface area contributed by atoms with Crippen LogP contribution < -0.4 is 26.5 Å². The van der Waals surface area contributed by atoms with Gasteiger partial charge in [0.25, 0.3) is 5.56 Å².